The quantitative estimate of drug-likeness (QED) is 0.676. The van der Waals surface area contributed by atoms with Gasteiger partial charge in [0.25, 0.3) is 5.91 Å². The number of aliphatic imine (C=N–C) groups is 1. The molecule has 132 valence electrons. The third-order valence-corrected chi connectivity index (χ3v) is 4.27. The summed E-state index contributed by atoms with van der Waals surface area (Å²) in [6.07, 6.45) is 4.60. The van der Waals surface area contributed by atoms with Crippen molar-refractivity contribution in [3.05, 3.63) is 59.4 Å². The van der Waals surface area contributed by atoms with Gasteiger partial charge >= 0.3 is 6.03 Å². The highest BCUT2D eigenvalue weighted by Crippen LogP contribution is 2.26. The number of rotatable bonds is 4. The zero-order valence-corrected chi connectivity index (χ0v) is 14.5. The second-order valence-corrected chi connectivity index (χ2v) is 6.02. The number of nitrogens with zero attached hydrogens (tertiary/aromatic N) is 3. The van der Waals surface area contributed by atoms with Crippen LogP contribution >= 0.6 is 0 Å². The van der Waals surface area contributed by atoms with Gasteiger partial charge in [-0.25, -0.2) is 9.69 Å². The summed E-state index contributed by atoms with van der Waals surface area (Å²) >= 11 is 0. The molecule has 2 aromatic rings. The summed E-state index contributed by atoms with van der Waals surface area (Å²) in [5.74, 6) is -2.43. The van der Waals surface area contributed by atoms with E-state index in [1.807, 2.05) is 26.0 Å². The third kappa shape index (κ3) is 3.37. The van der Waals surface area contributed by atoms with Gasteiger partial charge < -0.3 is 0 Å². The summed E-state index contributed by atoms with van der Waals surface area (Å²) in [7, 11) is 0. The molecule has 7 nitrogen and oxygen atoms in total. The van der Waals surface area contributed by atoms with Crippen LogP contribution in [-0.2, 0) is 16.1 Å². The number of amides is 4. The molecule has 0 saturated carbocycles. The number of imide groups is 2. The summed E-state index contributed by atoms with van der Waals surface area (Å²) in [6, 6.07) is 8.22. The number of carbonyl (C=O) groups is 3. The molecule has 26 heavy (non-hydrogen) atoms. The molecular weight excluding hydrogens is 332 g/mol. The second-order valence-electron chi connectivity index (χ2n) is 6.02. The van der Waals surface area contributed by atoms with E-state index in [4.69, 9.17) is 0 Å². The Morgan fingerprint density at radius 1 is 1.19 bits per heavy atom. The number of hydrogen-bond donors (Lipinski definition) is 1. The van der Waals surface area contributed by atoms with E-state index in [2.05, 4.69) is 15.3 Å². The monoisotopic (exact) mass is 350 g/mol. The molecule has 1 saturated heterocycles. The Morgan fingerprint density at radius 2 is 2.00 bits per heavy atom. The largest absolute Gasteiger partial charge is 0.335 e. The van der Waals surface area contributed by atoms with E-state index in [9.17, 15) is 14.4 Å². The van der Waals surface area contributed by atoms with Crippen LogP contribution in [0.5, 0.6) is 0 Å². The van der Waals surface area contributed by atoms with Crippen LogP contribution in [0.4, 0.5) is 10.5 Å². The van der Waals surface area contributed by atoms with Crippen LogP contribution in [0.15, 0.2) is 47.7 Å². The van der Waals surface area contributed by atoms with E-state index in [-0.39, 0.29) is 0 Å². The zero-order valence-electron chi connectivity index (χ0n) is 14.5. The molecule has 0 spiro atoms. The SMILES string of the molecule is Cc1cccc(N2C(=O)NC(=O)[C@H](C=NCc3cccnc3)C2=O)c1C. The zero-order chi connectivity index (χ0) is 18.7. The second kappa shape index (κ2) is 7.26. The molecule has 1 aromatic heterocycles. The first-order chi connectivity index (χ1) is 12.5. The van der Waals surface area contributed by atoms with Gasteiger partial charge in [-0.2, -0.15) is 0 Å². The first-order valence-electron chi connectivity index (χ1n) is 8.13. The van der Waals surface area contributed by atoms with Crippen molar-refractivity contribution in [1.82, 2.24) is 10.3 Å². The maximum atomic E-state index is 12.8. The number of carbonyl (C=O) groups excluding carboxylic acids is 3. The summed E-state index contributed by atoms with van der Waals surface area (Å²) < 4.78 is 0. The molecule has 0 unspecified atom stereocenters. The fourth-order valence-electron chi connectivity index (χ4n) is 2.68. The average molecular weight is 350 g/mol. The predicted octanol–water partition coefficient (Wildman–Crippen LogP) is 2.17. The van der Waals surface area contributed by atoms with Crippen LogP contribution in [0.2, 0.25) is 0 Å². The normalized spacial score (nSPS) is 17.7. The molecule has 0 bridgehead atoms. The van der Waals surface area contributed by atoms with Gasteiger partial charge in [-0.15, -0.1) is 0 Å². The Labute approximate surface area is 150 Å². The maximum Gasteiger partial charge on any atom is 0.335 e. The number of urea groups is 1. The molecule has 1 atom stereocenters. The standard InChI is InChI=1S/C19H18N4O3/c1-12-5-3-7-16(13(12)2)23-18(25)15(17(24)22-19(23)26)11-21-10-14-6-4-8-20-9-14/h3-9,11,15H,10H2,1-2H3,(H,22,24,26)/t15-/m0/s1. The summed E-state index contributed by atoms with van der Waals surface area (Å²) in [4.78, 5) is 46.3. The molecule has 1 aliphatic rings. The van der Waals surface area contributed by atoms with Crippen molar-refractivity contribution < 1.29 is 14.4 Å². The number of pyridine rings is 1. The van der Waals surface area contributed by atoms with Crippen molar-refractivity contribution >= 4 is 29.7 Å². The molecule has 1 fully saturated rings. The number of benzene rings is 1. The fraction of sp³-hybridized carbons (Fsp3) is 0.211. The Hall–Kier alpha value is -3.35. The number of aryl methyl sites for hydroxylation is 1. The summed E-state index contributed by atoms with van der Waals surface area (Å²) in [6.45, 7) is 4.01. The van der Waals surface area contributed by atoms with E-state index in [1.54, 1.807) is 30.6 Å². The molecule has 7 heteroatoms. The van der Waals surface area contributed by atoms with Crippen molar-refractivity contribution in [1.29, 1.82) is 0 Å². The molecule has 3 rings (SSSR count). The van der Waals surface area contributed by atoms with Crippen molar-refractivity contribution in [3.63, 3.8) is 0 Å². The molecular formula is C19H18N4O3. The Balaban J connectivity index is 1.85. The van der Waals surface area contributed by atoms with E-state index >= 15 is 0 Å². The lowest BCUT2D eigenvalue weighted by Crippen LogP contribution is -2.58. The predicted molar refractivity (Wildman–Crippen MR) is 96.9 cm³/mol. The van der Waals surface area contributed by atoms with Crippen molar-refractivity contribution in [2.75, 3.05) is 4.90 Å². The van der Waals surface area contributed by atoms with E-state index in [0.717, 1.165) is 21.6 Å². The van der Waals surface area contributed by atoms with E-state index in [1.165, 1.54) is 6.21 Å². The van der Waals surface area contributed by atoms with Gasteiger partial charge in [-0.1, -0.05) is 18.2 Å². The van der Waals surface area contributed by atoms with Crippen LogP contribution in [-0.4, -0.2) is 29.0 Å². The highest BCUT2D eigenvalue weighted by atomic mass is 16.2. The Kier molecular flexibility index (Phi) is 4.88. The fourth-order valence-corrected chi connectivity index (χ4v) is 2.68. The molecule has 2 heterocycles. The maximum absolute atomic E-state index is 12.8. The van der Waals surface area contributed by atoms with Gasteiger partial charge in [-0.05, 0) is 42.7 Å². The third-order valence-electron chi connectivity index (χ3n) is 4.27. The van der Waals surface area contributed by atoms with Crippen LogP contribution in [0.3, 0.4) is 0 Å². The van der Waals surface area contributed by atoms with E-state index < -0.39 is 23.8 Å². The van der Waals surface area contributed by atoms with Crippen molar-refractivity contribution in [3.8, 4) is 0 Å². The number of hydrogen-bond acceptors (Lipinski definition) is 5. The van der Waals surface area contributed by atoms with Crippen LogP contribution in [0.1, 0.15) is 16.7 Å². The van der Waals surface area contributed by atoms with Gasteiger partial charge in [0.05, 0.1) is 12.2 Å². The van der Waals surface area contributed by atoms with Gasteiger partial charge in [0.15, 0.2) is 5.92 Å². The van der Waals surface area contributed by atoms with Crippen LogP contribution in [0, 0.1) is 19.8 Å². The molecule has 1 aliphatic heterocycles. The van der Waals surface area contributed by atoms with Crippen molar-refractivity contribution in [2.45, 2.75) is 20.4 Å². The lowest BCUT2D eigenvalue weighted by Gasteiger charge is -2.29. The van der Waals surface area contributed by atoms with Gasteiger partial charge in [0, 0.05) is 18.6 Å². The summed E-state index contributed by atoms with van der Waals surface area (Å²) in [5, 5.41) is 2.23. The topological polar surface area (TPSA) is 91.7 Å². The molecule has 4 amide bonds. The average Bonchev–Trinajstić information content (AvgIpc) is 2.62. The van der Waals surface area contributed by atoms with Crippen molar-refractivity contribution in [2.24, 2.45) is 10.9 Å². The summed E-state index contributed by atoms with van der Waals surface area (Å²) in [5.41, 5.74) is 3.07. The molecule has 0 aliphatic carbocycles. The highest BCUT2D eigenvalue weighted by Gasteiger charge is 2.40. The van der Waals surface area contributed by atoms with Crippen LogP contribution < -0.4 is 10.2 Å². The Bertz CT molecular complexity index is 893. The first-order valence-corrected chi connectivity index (χ1v) is 8.13. The minimum Gasteiger partial charge on any atom is -0.291 e. The number of barbiturate groups is 1. The minimum atomic E-state index is -1.15. The number of aromatic nitrogens is 1. The molecule has 1 N–H and O–H groups in total. The lowest BCUT2D eigenvalue weighted by atomic mass is 10.0. The molecule has 1 aromatic carbocycles. The lowest BCUT2D eigenvalue weighted by molar-refractivity contribution is -0.131. The van der Waals surface area contributed by atoms with Crippen LogP contribution in [0.25, 0.3) is 0 Å². The highest BCUT2D eigenvalue weighted by molar-refractivity contribution is 6.32. The van der Waals surface area contributed by atoms with Gasteiger partial charge in [0.2, 0.25) is 5.91 Å². The molecule has 0 radical (unpaired) electrons. The van der Waals surface area contributed by atoms with Gasteiger partial charge in [-0.3, -0.25) is 24.9 Å². The first kappa shape index (κ1) is 17.5. The van der Waals surface area contributed by atoms with E-state index in [0.29, 0.717) is 12.2 Å². The minimum absolute atomic E-state index is 0.294. The van der Waals surface area contributed by atoms with Gasteiger partial charge in [0.1, 0.15) is 0 Å². The number of nitrogens with one attached hydrogen (secondary N) is 1. The Morgan fingerprint density at radius 3 is 2.73 bits per heavy atom. The smallest absolute Gasteiger partial charge is 0.291 e. The number of anilines is 1.